The minimum atomic E-state index is -4.46. The molecule has 0 saturated carbocycles. The lowest BCUT2D eigenvalue weighted by molar-refractivity contribution is -0.137. The molecule has 1 aromatic carbocycles. The standard InChI is InChI=1S/C9H7F3O.C7H8OS.C5H7N/c1-6(13)7-4-2-3-5-8(7)9(10,11)12;1-5-3-4-9-7(5)6(2)8;1-6-4-2-3-5-6/h2-5H,1H3;3-4H,1-2H3;2-5H,1H3. The van der Waals surface area contributed by atoms with Gasteiger partial charge in [-0.05, 0) is 56.0 Å². The van der Waals surface area contributed by atoms with Crippen LogP contribution in [0.25, 0.3) is 0 Å². The maximum atomic E-state index is 12.3. The zero-order valence-electron chi connectivity index (χ0n) is 16.1. The van der Waals surface area contributed by atoms with Gasteiger partial charge in [-0.1, -0.05) is 18.2 Å². The molecule has 0 bridgehead atoms. The fourth-order valence-corrected chi connectivity index (χ4v) is 3.02. The van der Waals surface area contributed by atoms with E-state index in [9.17, 15) is 22.8 Å². The van der Waals surface area contributed by atoms with Gasteiger partial charge in [0.2, 0.25) is 0 Å². The molecule has 7 heteroatoms. The van der Waals surface area contributed by atoms with Crippen LogP contribution >= 0.6 is 11.3 Å². The van der Waals surface area contributed by atoms with E-state index in [2.05, 4.69) is 0 Å². The molecule has 2 aromatic heterocycles. The number of aryl methyl sites for hydroxylation is 2. The molecule has 0 aliphatic carbocycles. The molecule has 0 aliphatic heterocycles. The lowest BCUT2D eigenvalue weighted by Crippen LogP contribution is -2.11. The minimum Gasteiger partial charge on any atom is -0.357 e. The van der Waals surface area contributed by atoms with E-state index < -0.39 is 17.5 Å². The van der Waals surface area contributed by atoms with Gasteiger partial charge in [0.15, 0.2) is 11.6 Å². The molecule has 0 N–H and O–H groups in total. The Balaban J connectivity index is 0.000000226. The van der Waals surface area contributed by atoms with Crippen molar-refractivity contribution in [2.45, 2.75) is 26.9 Å². The molecule has 0 unspecified atom stereocenters. The Morgan fingerprint density at radius 3 is 1.79 bits per heavy atom. The molecule has 3 aromatic rings. The topological polar surface area (TPSA) is 39.1 Å². The molecule has 0 radical (unpaired) electrons. The maximum absolute atomic E-state index is 12.3. The molecule has 0 fully saturated rings. The van der Waals surface area contributed by atoms with Gasteiger partial charge in [-0.25, -0.2) is 0 Å². The third kappa shape index (κ3) is 7.52. The van der Waals surface area contributed by atoms with Gasteiger partial charge in [0.1, 0.15) is 0 Å². The van der Waals surface area contributed by atoms with E-state index in [1.807, 2.05) is 54.5 Å². The molecule has 0 saturated heterocycles. The number of hydrogen-bond acceptors (Lipinski definition) is 3. The van der Waals surface area contributed by atoms with Gasteiger partial charge in [0.05, 0.1) is 10.4 Å². The quantitative estimate of drug-likeness (QED) is 0.473. The molecule has 2 heterocycles. The molecule has 0 amide bonds. The van der Waals surface area contributed by atoms with Crippen LogP contribution in [0.1, 0.15) is 45.0 Å². The lowest BCUT2D eigenvalue weighted by atomic mass is 10.0. The molecular weight excluding hydrogens is 387 g/mol. The Bertz CT molecular complexity index is 897. The van der Waals surface area contributed by atoms with Crippen LogP contribution < -0.4 is 0 Å². The fourth-order valence-electron chi connectivity index (χ4n) is 2.19. The fraction of sp³-hybridized carbons (Fsp3) is 0.238. The monoisotopic (exact) mass is 409 g/mol. The number of hydrogen-bond donors (Lipinski definition) is 0. The molecule has 150 valence electrons. The Hall–Kier alpha value is -2.67. The average Bonchev–Trinajstić information content (AvgIpc) is 3.26. The zero-order valence-corrected chi connectivity index (χ0v) is 16.9. The first-order valence-electron chi connectivity index (χ1n) is 8.33. The number of carbonyl (C=O) groups excluding carboxylic acids is 2. The van der Waals surface area contributed by atoms with Crippen molar-refractivity contribution in [1.29, 1.82) is 0 Å². The highest BCUT2D eigenvalue weighted by atomic mass is 32.1. The van der Waals surface area contributed by atoms with Crippen molar-refractivity contribution in [3.63, 3.8) is 0 Å². The van der Waals surface area contributed by atoms with Gasteiger partial charge in [-0.15, -0.1) is 11.3 Å². The number of halogens is 3. The number of nitrogens with zero attached hydrogens (tertiary/aromatic N) is 1. The van der Waals surface area contributed by atoms with Gasteiger partial charge < -0.3 is 4.57 Å². The summed E-state index contributed by atoms with van der Waals surface area (Å²) in [5.41, 5.74) is -0.0648. The number of rotatable bonds is 2. The van der Waals surface area contributed by atoms with E-state index >= 15 is 0 Å². The Labute approximate surface area is 166 Å². The third-order valence-electron chi connectivity index (χ3n) is 3.55. The van der Waals surface area contributed by atoms with Gasteiger partial charge in [0.25, 0.3) is 0 Å². The van der Waals surface area contributed by atoms with Crippen molar-refractivity contribution in [3.05, 3.63) is 81.8 Å². The largest absolute Gasteiger partial charge is 0.417 e. The van der Waals surface area contributed by atoms with Crippen LogP contribution in [0.3, 0.4) is 0 Å². The highest BCUT2D eigenvalue weighted by Crippen LogP contribution is 2.31. The van der Waals surface area contributed by atoms with Crippen LogP contribution in [0.5, 0.6) is 0 Å². The summed E-state index contributed by atoms with van der Waals surface area (Å²) in [5, 5.41) is 1.94. The SMILES string of the molecule is CC(=O)c1ccccc1C(F)(F)F.CC(=O)c1sccc1C.Cn1cccc1. The van der Waals surface area contributed by atoms with Gasteiger partial charge >= 0.3 is 6.18 Å². The number of alkyl halides is 3. The number of Topliss-reactive ketones (excluding diaryl/α,β-unsaturated/α-hetero) is 2. The second kappa shape index (κ2) is 10.6. The van der Waals surface area contributed by atoms with Crippen molar-refractivity contribution in [3.8, 4) is 0 Å². The van der Waals surface area contributed by atoms with E-state index in [-0.39, 0.29) is 11.3 Å². The minimum absolute atomic E-state index is 0.169. The summed E-state index contributed by atoms with van der Waals surface area (Å²) in [6, 6.07) is 10.7. The molecule has 0 aliphatic rings. The number of carbonyl (C=O) groups is 2. The van der Waals surface area contributed by atoms with E-state index in [0.717, 1.165) is 23.4 Å². The van der Waals surface area contributed by atoms with E-state index in [0.29, 0.717) is 0 Å². The molecular formula is C21H22F3NO2S. The van der Waals surface area contributed by atoms with Crippen molar-refractivity contribution in [2.75, 3.05) is 0 Å². The number of thiophene rings is 1. The number of aromatic nitrogens is 1. The van der Waals surface area contributed by atoms with Gasteiger partial charge in [0, 0.05) is 25.0 Å². The van der Waals surface area contributed by atoms with Crippen molar-refractivity contribution in [1.82, 2.24) is 4.57 Å². The Morgan fingerprint density at radius 1 is 0.929 bits per heavy atom. The van der Waals surface area contributed by atoms with E-state index in [4.69, 9.17) is 0 Å². The molecule has 3 rings (SSSR count). The number of ketones is 2. The molecule has 0 atom stereocenters. The third-order valence-corrected chi connectivity index (χ3v) is 4.66. The van der Waals surface area contributed by atoms with Crippen molar-refractivity contribution in [2.24, 2.45) is 7.05 Å². The predicted molar refractivity (Wildman–Crippen MR) is 106 cm³/mol. The summed E-state index contributed by atoms with van der Waals surface area (Å²) in [4.78, 5) is 22.4. The van der Waals surface area contributed by atoms with Crippen LogP contribution in [-0.2, 0) is 13.2 Å². The van der Waals surface area contributed by atoms with Crippen LogP contribution in [0.15, 0.2) is 60.2 Å². The summed E-state index contributed by atoms with van der Waals surface area (Å²) < 4.78 is 38.8. The summed E-state index contributed by atoms with van der Waals surface area (Å²) in [6.45, 7) is 4.66. The summed E-state index contributed by atoms with van der Waals surface area (Å²) in [6.07, 6.45) is -0.456. The van der Waals surface area contributed by atoms with Crippen molar-refractivity contribution >= 4 is 22.9 Å². The van der Waals surface area contributed by atoms with Crippen LogP contribution in [-0.4, -0.2) is 16.1 Å². The Kier molecular flexibility index (Phi) is 8.85. The summed E-state index contributed by atoms with van der Waals surface area (Å²) >= 11 is 1.51. The van der Waals surface area contributed by atoms with E-state index in [1.165, 1.54) is 29.5 Å². The smallest absolute Gasteiger partial charge is 0.357 e. The van der Waals surface area contributed by atoms with Crippen LogP contribution in [0, 0.1) is 6.92 Å². The Morgan fingerprint density at radius 2 is 1.50 bits per heavy atom. The first-order chi connectivity index (χ1) is 13.0. The first kappa shape index (κ1) is 23.4. The lowest BCUT2D eigenvalue weighted by Gasteiger charge is -2.09. The van der Waals surface area contributed by atoms with Crippen LogP contribution in [0.2, 0.25) is 0 Å². The van der Waals surface area contributed by atoms with Gasteiger partial charge in [-0.2, -0.15) is 13.2 Å². The second-order valence-electron chi connectivity index (χ2n) is 5.94. The summed E-state index contributed by atoms with van der Waals surface area (Å²) in [5.74, 6) is -0.407. The van der Waals surface area contributed by atoms with Crippen molar-refractivity contribution < 1.29 is 22.8 Å². The highest BCUT2D eigenvalue weighted by molar-refractivity contribution is 7.12. The predicted octanol–water partition coefficient (Wildman–Crippen LogP) is 6.19. The molecule has 3 nitrogen and oxygen atoms in total. The highest BCUT2D eigenvalue weighted by Gasteiger charge is 2.33. The average molecular weight is 409 g/mol. The molecule has 0 spiro atoms. The molecule has 28 heavy (non-hydrogen) atoms. The first-order valence-corrected chi connectivity index (χ1v) is 9.21. The maximum Gasteiger partial charge on any atom is 0.417 e. The normalized spacial score (nSPS) is 10.2. The second-order valence-corrected chi connectivity index (χ2v) is 6.85. The number of benzene rings is 1. The van der Waals surface area contributed by atoms with Crippen LogP contribution in [0.4, 0.5) is 13.2 Å². The van der Waals surface area contributed by atoms with Gasteiger partial charge in [-0.3, -0.25) is 9.59 Å². The zero-order chi connectivity index (χ0) is 21.3. The van der Waals surface area contributed by atoms with E-state index in [1.54, 1.807) is 6.92 Å². The summed E-state index contributed by atoms with van der Waals surface area (Å²) in [7, 11) is 2.00.